The zero-order valence-electron chi connectivity index (χ0n) is 13.4. The Balaban J connectivity index is 0.00000288. The van der Waals surface area contributed by atoms with E-state index in [1.54, 1.807) is 7.05 Å². The van der Waals surface area contributed by atoms with E-state index in [1.807, 2.05) is 12.1 Å². The van der Waals surface area contributed by atoms with E-state index in [9.17, 15) is 13.2 Å². The molecular weight excluding hydrogens is 498 g/mol. The van der Waals surface area contributed by atoms with Gasteiger partial charge < -0.3 is 10.6 Å². The van der Waals surface area contributed by atoms with Crippen LogP contribution in [-0.2, 0) is 5.41 Å². The highest BCUT2D eigenvalue weighted by molar-refractivity contribution is 14.0. The Kier molecular flexibility index (Phi) is 8.31. The molecule has 0 saturated heterocycles. The molecule has 0 atom stereocenters. The molecule has 1 aromatic rings. The summed E-state index contributed by atoms with van der Waals surface area (Å²) in [5, 5.41) is 5.89. The molecule has 1 aliphatic rings. The number of halogens is 5. The number of alkyl halides is 3. The van der Waals surface area contributed by atoms with Crippen LogP contribution in [-0.4, -0.2) is 32.3 Å². The van der Waals surface area contributed by atoms with E-state index < -0.39 is 12.6 Å². The van der Waals surface area contributed by atoms with Crippen molar-refractivity contribution in [3.8, 4) is 0 Å². The van der Waals surface area contributed by atoms with Gasteiger partial charge in [-0.2, -0.15) is 13.2 Å². The quantitative estimate of drug-likeness (QED) is 0.339. The predicted molar refractivity (Wildman–Crippen MR) is 105 cm³/mol. The summed E-state index contributed by atoms with van der Waals surface area (Å²) in [5.74, 6) is 0.414. The van der Waals surface area contributed by atoms with Gasteiger partial charge in [0, 0.05) is 30.0 Å². The van der Waals surface area contributed by atoms with E-state index in [0.29, 0.717) is 12.5 Å². The molecule has 1 fully saturated rings. The fourth-order valence-corrected chi connectivity index (χ4v) is 3.04. The van der Waals surface area contributed by atoms with Crippen molar-refractivity contribution < 1.29 is 13.2 Å². The number of rotatable bonds is 5. The molecule has 2 rings (SSSR count). The molecule has 1 saturated carbocycles. The second-order valence-electron chi connectivity index (χ2n) is 5.86. The van der Waals surface area contributed by atoms with Crippen molar-refractivity contribution in [2.24, 2.45) is 4.99 Å². The van der Waals surface area contributed by atoms with Gasteiger partial charge in [0.2, 0.25) is 0 Å². The van der Waals surface area contributed by atoms with Crippen LogP contribution < -0.4 is 10.6 Å². The van der Waals surface area contributed by atoms with Crippen LogP contribution in [0, 0.1) is 0 Å². The first-order valence-corrected chi connectivity index (χ1v) is 8.41. The molecule has 1 aliphatic carbocycles. The maximum absolute atomic E-state index is 12.2. The number of hydrogen-bond acceptors (Lipinski definition) is 1. The molecule has 0 spiro atoms. The molecule has 24 heavy (non-hydrogen) atoms. The van der Waals surface area contributed by atoms with Gasteiger partial charge in [0.25, 0.3) is 0 Å². The van der Waals surface area contributed by atoms with Crippen molar-refractivity contribution in [3.05, 3.63) is 34.3 Å². The van der Waals surface area contributed by atoms with Crippen LogP contribution in [0.25, 0.3) is 0 Å². The smallest absolute Gasteiger partial charge is 0.356 e. The number of nitrogens with one attached hydrogen (secondary N) is 2. The Morgan fingerprint density at radius 1 is 1.21 bits per heavy atom. The average molecular weight is 520 g/mol. The van der Waals surface area contributed by atoms with E-state index in [0.717, 1.165) is 23.7 Å². The standard InChI is InChI=1S/C16H21BrF3N3.HI/c1-21-14(22-10-9-16(18,19)20)23-11-15(7-2-8-15)12-3-5-13(17)6-4-12;/h3-6H,2,7-11H2,1H3,(H2,21,22,23);1H. The lowest BCUT2D eigenvalue weighted by molar-refractivity contribution is -0.132. The minimum atomic E-state index is -4.15. The van der Waals surface area contributed by atoms with Crippen molar-refractivity contribution in [1.82, 2.24) is 10.6 Å². The van der Waals surface area contributed by atoms with Gasteiger partial charge in [-0.15, -0.1) is 24.0 Å². The molecule has 0 radical (unpaired) electrons. The highest BCUT2D eigenvalue weighted by atomic mass is 127. The van der Waals surface area contributed by atoms with Gasteiger partial charge >= 0.3 is 6.18 Å². The van der Waals surface area contributed by atoms with Gasteiger partial charge in [-0.3, -0.25) is 4.99 Å². The summed E-state index contributed by atoms with van der Waals surface area (Å²) in [6, 6.07) is 8.24. The van der Waals surface area contributed by atoms with Crippen LogP contribution in [0.2, 0.25) is 0 Å². The first-order valence-electron chi connectivity index (χ1n) is 7.62. The summed E-state index contributed by atoms with van der Waals surface area (Å²) in [4.78, 5) is 4.00. The third-order valence-corrected chi connectivity index (χ3v) is 4.81. The zero-order valence-corrected chi connectivity index (χ0v) is 17.3. The number of hydrogen-bond donors (Lipinski definition) is 2. The molecule has 2 N–H and O–H groups in total. The summed E-state index contributed by atoms with van der Waals surface area (Å²) in [5.41, 5.74) is 1.30. The summed E-state index contributed by atoms with van der Waals surface area (Å²) < 4.78 is 37.6. The minimum absolute atomic E-state index is 0. The van der Waals surface area contributed by atoms with Crippen molar-refractivity contribution in [2.75, 3.05) is 20.1 Å². The van der Waals surface area contributed by atoms with E-state index in [-0.39, 0.29) is 35.9 Å². The number of aliphatic imine (C=N–C) groups is 1. The Morgan fingerprint density at radius 3 is 2.29 bits per heavy atom. The first-order chi connectivity index (χ1) is 10.8. The number of benzene rings is 1. The molecular formula is C16H22BrF3IN3. The normalized spacial score (nSPS) is 16.8. The summed E-state index contributed by atoms with van der Waals surface area (Å²) in [6.45, 7) is 0.495. The summed E-state index contributed by atoms with van der Waals surface area (Å²) in [7, 11) is 1.57. The third kappa shape index (κ3) is 6.09. The molecule has 1 aromatic carbocycles. The fourth-order valence-electron chi connectivity index (χ4n) is 2.77. The molecule has 0 amide bonds. The first kappa shape index (κ1) is 21.5. The van der Waals surface area contributed by atoms with E-state index in [2.05, 4.69) is 43.7 Å². The summed E-state index contributed by atoms with van der Waals surface area (Å²) in [6.07, 6.45) is -1.72. The molecule has 0 heterocycles. The highest BCUT2D eigenvalue weighted by Crippen LogP contribution is 2.43. The lowest BCUT2D eigenvalue weighted by Gasteiger charge is -2.43. The molecule has 0 bridgehead atoms. The van der Waals surface area contributed by atoms with Crippen LogP contribution in [0.3, 0.4) is 0 Å². The second-order valence-corrected chi connectivity index (χ2v) is 6.77. The van der Waals surface area contributed by atoms with Crippen LogP contribution in [0.5, 0.6) is 0 Å². The molecule has 0 unspecified atom stereocenters. The van der Waals surface area contributed by atoms with Gasteiger partial charge in [0.05, 0.1) is 6.42 Å². The Bertz CT molecular complexity index is 542. The van der Waals surface area contributed by atoms with Gasteiger partial charge in [-0.1, -0.05) is 34.5 Å². The average Bonchev–Trinajstić information content (AvgIpc) is 2.44. The van der Waals surface area contributed by atoms with Crippen LogP contribution in [0.4, 0.5) is 13.2 Å². The minimum Gasteiger partial charge on any atom is -0.356 e. The van der Waals surface area contributed by atoms with Crippen LogP contribution in [0.1, 0.15) is 31.2 Å². The van der Waals surface area contributed by atoms with Gasteiger partial charge in [-0.05, 0) is 30.5 Å². The number of guanidine groups is 1. The van der Waals surface area contributed by atoms with Crippen molar-refractivity contribution >= 4 is 45.9 Å². The maximum Gasteiger partial charge on any atom is 0.390 e. The number of nitrogens with zero attached hydrogens (tertiary/aromatic N) is 1. The monoisotopic (exact) mass is 519 g/mol. The largest absolute Gasteiger partial charge is 0.390 e. The van der Waals surface area contributed by atoms with E-state index in [4.69, 9.17) is 0 Å². The van der Waals surface area contributed by atoms with Crippen LogP contribution >= 0.6 is 39.9 Å². The van der Waals surface area contributed by atoms with Gasteiger partial charge in [-0.25, -0.2) is 0 Å². The molecule has 0 aliphatic heterocycles. The Morgan fingerprint density at radius 2 is 1.83 bits per heavy atom. The fraction of sp³-hybridized carbons (Fsp3) is 0.562. The lowest BCUT2D eigenvalue weighted by Crippen LogP contribution is -2.49. The van der Waals surface area contributed by atoms with Crippen molar-refractivity contribution in [1.29, 1.82) is 0 Å². The third-order valence-electron chi connectivity index (χ3n) is 4.29. The Labute approximate surface area is 166 Å². The van der Waals surface area contributed by atoms with Gasteiger partial charge in [0.15, 0.2) is 5.96 Å². The SMILES string of the molecule is CN=C(NCCC(F)(F)F)NCC1(c2ccc(Br)cc2)CCC1.I. The second kappa shape index (κ2) is 9.26. The van der Waals surface area contributed by atoms with E-state index in [1.165, 1.54) is 5.56 Å². The Hall–Kier alpha value is -0.510. The zero-order chi connectivity index (χ0) is 16.9. The molecule has 8 heteroatoms. The van der Waals surface area contributed by atoms with Crippen LogP contribution in [0.15, 0.2) is 33.7 Å². The summed E-state index contributed by atoms with van der Waals surface area (Å²) >= 11 is 3.43. The molecule has 3 nitrogen and oxygen atoms in total. The van der Waals surface area contributed by atoms with Gasteiger partial charge in [0.1, 0.15) is 0 Å². The highest BCUT2D eigenvalue weighted by Gasteiger charge is 2.38. The van der Waals surface area contributed by atoms with Crippen molar-refractivity contribution in [2.45, 2.75) is 37.3 Å². The maximum atomic E-state index is 12.2. The topological polar surface area (TPSA) is 36.4 Å². The molecule has 0 aromatic heterocycles. The van der Waals surface area contributed by atoms with E-state index >= 15 is 0 Å². The van der Waals surface area contributed by atoms with Crippen molar-refractivity contribution in [3.63, 3.8) is 0 Å². The molecule has 136 valence electrons. The predicted octanol–water partition coefficient (Wildman–Crippen LogP) is 4.61. The lowest BCUT2D eigenvalue weighted by atomic mass is 9.64.